The Morgan fingerprint density at radius 3 is 2.83 bits per heavy atom. The first-order valence-corrected chi connectivity index (χ1v) is 9.13. The van der Waals surface area contributed by atoms with Crippen molar-refractivity contribution in [1.29, 1.82) is 0 Å². The summed E-state index contributed by atoms with van der Waals surface area (Å²) in [4.78, 5) is 28.3. The van der Waals surface area contributed by atoms with Crippen molar-refractivity contribution in [3.8, 4) is 0 Å². The monoisotopic (exact) mass is 355 g/mol. The SMILES string of the molecule is O=C(c1ccsc1Cl)N1CCC(N2C(=O)O[C@H]3CNC[C@H]32)CC1. The van der Waals surface area contributed by atoms with E-state index in [1.54, 1.807) is 6.07 Å². The Labute approximate surface area is 143 Å². The summed E-state index contributed by atoms with van der Waals surface area (Å²) >= 11 is 7.43. The smallest absolute Gasteiger partial charge is 0.410 e. The summed E-state index contributed by atoms with van der Waals surface area (Å²) in [5.41, 5.74) is 0.579. The van der Waals surface area contributed by atoms with E-state index in [1.807, 2.05) is 15.2 Å². The number of amides is 2. The van der Waals surface area contributed by atoms with Gasteiger partial charge >= 0.3 is 6.09 Å². The molecule has 8 heteroatoms. The second-order valence-corrected chi connectivity index (χ2v) is 7.70. The maximum atomic E-state index is 12.5. The molecule has 124 valence electrons. The molecule has 2 amide bonds. The van der Waals surface area contributed by atoms with Gasteiger partial charge < -0.3 is 15.0 Å². The Morgan fingerprint density at radius 2 is 2.13 bits per heavy atom. The second kappa shape index (κ2) is 5.96. The van der Waals surface area contributed by atoms with Crippen molar-refractivity contribution in [3.63, 3.8) is 0 Å². The third-order valence-corrected chi connectivity index (χ3v) is 6.11. The molecule has 0 unspecified atom stereocenters. The average Bonchev–Trinajstić information content (AvgIpc) is 3.23. The van der Waals surface area contributed by atoms with E-state index in [-0.39, 0.29) is 30.2 Å². The molecule has 2 atom stereocenters. The van der Waals surface area contributed by atoms with Gasteiger partial charge in [0.1, 0.15) is 10.4 Å². The number of rotatable bonds is 2. The van der Waals surface area contributed by atoms with Crippen LogP contribution in [0.4, 0.5) is 4.79 Å². The molecule has 0 aliphatic carbocycles. The van der Waals surface area contributed by atoms with Gasteiger partial charge in [0.25, 0.3) is 5.91 Å². The van der Waals surface area contributed by atoms with Gasteiger partial charge in [-0.1, -0.05) is 11.6 Å². The lowest BCUT2D eigenvalue weighted by atomic mass is 10.0. The quantitative estimate of drug-likeness (QED) is 0.878. The zero-order chi connectivity index (χ0) is 16.0. The van der Waals surface area contributed by atoms with E-state index in [2.05, 4.69) is 5.32 Å². The molecule has 0 aromatic carbocycles. The maximum absolute atomic E-state index is 12.5. The van der Waals surface area contributed by atoms with Crippen LogP contribution in [0.2, 0.25) is 4.34 Å². The number of nitrogens with zero attached hydrogens (tertiary/aromatic N) is 2. The standard InChI is InChI=1S/C15H18ClN3O3S/c16-13-10(3-6-23-13)14(20)18-4-1-9(2-5-18)19-11-7-17-8-12(11)22-15(19)21/h3,6,9,11-12,17H,1-2,4-5,7-8H2/t11-,12+/m1/s1. The van der Waals surface area contributed by atoms with E-state index in [4.69, 9.17) is 16.3 Å². The summed E-state index contributed by atoms with van der Waals surface area (Å²) < 4.78 is 5.97. The van der Waals surface area contributed by atoms with Gasteiger partial charge in [-0.25, -0.2) is 4.79 Å². The van der Waals surface area contributed by atoms with Crippen LogP contribution in [-0.4, -0.2) is 66.2 Å². The van der Waals surface area contributed by atoms with Crippen molar-refractivity contribution < 1.29 is 14.3 Å². The highest BCUT2D eigenvalue weighted by Gasteiger charge is 2.48. The normalized spacial score (nSPS) is 28.1. The third kappa shape index (κ3) is 2.60. The lowest BCUT2D eigenvalue weighted by molar-refractivity contribution is 0.0639. The number of hydrogen-bond acceptors (Lipinski definition) is 5. The molecule has 3 fully saturated rings. The lowest BCUT2D eigenvalue weighted by Crippen LogP contribution is -2.51. The number of carbonyl (C=O) groups excluding carboxylic acids is 2. The van der Waals surface area contributed by atoms with E-state index in [1.165, 1.54) is 11.3 Å². The summed E-state index contributed by atoms with van der Waals surface area (Å²) in [6.45, 7) is 2.81. The Kier molecular flexibility index (Phi) is 3.95. The Morgan fingerprint density at radius 1 is 1.35 bits per heavy atom. The highest BCUT2D eigenvalue weighted by Crippen LogP contribution is 2.30. The predicted molar refractivity (Wildman–Crippen MR) is 87.0 cm³/mol. The van der Waals surface area contributed by atoms with E-state index in [9.17, 15) is 9.59 Å². The average molecular weight is 356 g/mol. The highest BCUT2D eigenvalue weighted by atomic mass is 35.5. The maximum Gasteiger partial charge on any atom is 0.410 e. The minimum absolute atomic E-state index is 0.0147. The van der Waals surface area contributed by atoms with Crippen molar-refractivity contribution >= 4 is 34.9 Å². The van der Waals surface area contributed by atoms with Gasteiger partial charge in [-0.3, -0.25) is 9.69 Å². The largest absolute Gasteiger partial charge is 0.442 e. The molecule has 0 radical (unpaired) electrons. The molecule has 1 aromatic heterocycles. The van der Waals surface area contributed by atoms with Crippen LogP contribution in [0.5, 0.6) is 0 Å². The third-order valence-electron chi connectivity index (χ3n) is 4.94. The highest BCUT2D eigenvalue weighted by molar-refractivity contribution is 7.14. The number of piperidine rings is 1. The summed E-state index contributed by atoms with van der Waals surface area (Å²) in [6, 6.07) is 2.06. The number of thiophene rings is 1. The van der Waals surface area contributed by atoms with E-state index >= 15 is 0 Å². The van der Waals surface area contributed by atoms with Crippen LogP contribution in [0.15, 0.2) is 11.4 Å². The van der Waals surface area contributed by atoms with Gasteiger partial charge in [0.05, 0.1) is 11.6 Å². The van der Waals surface area contributed by atoms with Crippen LogP contribution in [0, 0.1) is 0 Å². The predicted octanol–water partition coefficient (Wildman–Crippen LogP) is 1.80. The van der Waals surface area contributed by atoms with Crippen LogP contribution in [-0.2, 0) is 4.74 Å². The fourth-order valence-corrected chi connectivity index (χ4v) is 4.65. The number of fused-ring (bicyclic) bond motifs is 1. The van der Waals surface area contributed by atoms with Crippen LogP contribution >= 0.6 is 22.9 Å². The Balaban J connectivity index is 1.40. The second-order valence-electron chi connectivity index (χ2n) is 6.19. The number of ether oxygens (including phenoxy) is 1. The molecule has 0 saturated carbocycles. The molecule has 4 rings (SSSR count). The molecule has 1 N–H and O–H groups in total. The van der Waals surface area contributed by atoms with Gasteiger partial charge in [-0.15, -0.1) is 11.3 Å². The summed E-state index contributed by atoms with van der Waals surface area (Å²) in [5.74, 6) is -0.0147. The van der Waals surface area contributed by atoms with E-state index in [0.717, 1.165) is 25.9 Å². The topological polar surface area (TPSA) is 61.9 Å². The van der Waals surface area contributed by atoms with Crippen molar-refractivity contribution in [2.24, 2.45) is 0 Å². The minimum atomic E-state index is -0.202. The van der Waals surface area contributed by atoms with Crippen LogP contribution < -0.4 is 5.32 Å². The van der Waals surface area contributed by atoms with Crippen molar-refractivity contribution in [2.45, 2.75) is 31.0 Å². The molecule has 4 heterocycles. The molecule has 3 aliphatic rings. The van der Waals surface area contributed by atoms with Gasteiger partial charge in [-0.2, -0.15) is 0 Å². The molecule has 3 aliphatic heterocycles. The molecule has 3 saturated heterocycles. The lowest BCUT2D eigenvalue weighted by Gasteiger charge is -2.37. The zero-order valence-corrected chi connectivity index (χ0v) is 14.1. The van der Waals surface area contributed by atoms with Crippen LogP contribution in [0.25, 0.3) is 0 Å². The van der Waals surface area contributed by atoms with E-state index < -0.39 is 0 Å². The van der Waals surface area contributed by atoms with Gasteiger partial charge in [0.2, 0.25) is 0 Å². The number of halogens is 1. The molecular weight excluding hydrogens is 338 g/mol. The van der Waals surface area contributed by atoms with Gasteiger partial charge in [0, 0.05) is 32.2 Å². The molecule has 0 spiro atoms. The minimum Gasteiger partial charge on any atom is -0.442 e. The summed E-state index contributed by atoms with van der Waals surface area (Å²) in [6.07, 6.45) is 1.34. The van der Waals surface area contributed by atoms with Crippen molar-refractivity contribution in [2.75, 3.05) is 26.2 Å². The first kappa shape index (κ1) is 15.2. The molecule has 0 bridgehead atoms. The van der Waals surface area contributed by atoms with Crippen molar-refractivity contribution in [3.05, 3.63) is 21.3 Å². The Bertz CT molecular complexity index is 629. The molecule has 23 heavy (non-hydrogen) atoms. The van der Waals surface area contributed by atoms with Gasteiger partial charge in [0.15, 0.2) is 0 Å². The number of nitrogens with one attached hydrogen (secondary N) is 1. The van der Waals surface area contributed by atoms with Crippen LogP contribution in [0.1, 0.15) is 23.2 Å². The van der Waals surface area contributed by atoms with Gasteiger partial charge in [-0.05, 0) is 24.3 Å². The summed E-state index contributed by atoms with van der Waals surface area (Å²) in [5, 5.41) is 5.10. The molecular formula is C15H18ClN3O3S. The number of hydrogen-bond donors (Lipinski definition) is 1. The fourth-order valence-electron chi connectivity index (χ4n) is 3.75. The fraction of sp³-hybridized carbons (Fsp3) is 0.600. The zero-order valence-electron chi connectivity index (χ0n) is 12.5. The van der Waals surface area contributed by atoms with E-state index in [0.29, 0.717) is 23.0 Å². The van der Waals surface area contributed by atoms with Crippen molar-refractivity contribution in [1.82, 2.24) is 15.1 Å². The Hall–Kier alpha value is -1.31. The molecule has 1 aromatic rings. The number of carbonyl (C=O) groups is 2. The first-order chi connectivity index (χ1) is 11.1. The molecule has 6 nitrogen and oxygen atoms in total. The van der Waals surface area contributed by atoms with Crippen LogP contribution in [0.3, 0.4) is 0 Å². The first-order valence-electron chi connectivity index (χ1n) is 7.87. The summed E-state index contributed by atoms with van der Waals surface area (Å²) in [7, 11) is 0. The number of likely N-dealkylation sites (tertiary alicyclic amines) is 1.